The number of aliphatic carboxylic acids is 1. The minimum absolute atomic E-state index is 0.0199. The van der Waals surface area contributed by atoms with Crippen LogP contribution in [-0.4, -0.2) is 58.5 Å². The van der Waals surface area contributed by atoms with E-state index < -0.39 is 35.4 Å². The lowest BCUT2D eigenvalue weighted by Gasteiger charge is -2.27. The number of likely N-dealkylation sites (tertiary alicyclic amines) is 1. The van der Waals surface area contributed by atoms with E-state index in [2.05, 4.69) is 0 Å². The summed E-state index contributed by atoms with van der Waals surface area (Å²) >= 11 is 0. The average molecular weight is 362 g/mol. The van der Waals surface area contributed by atoms with Gasteiger partial charge in [0.15, 0.2) is 5.60 Å². The van der Waals surface area contributed by atoms with Gasteiger partial charge in [0.1, 0.15) is 11.6 Å². The standard InChI is InChI=1S/C18H22N2O6/c1-17(2,3)25-16(24)20-11-18(9-13(20)14(21)22)10-19(15(23)26-18)12-7-5-4-6-8-12/h4-8,13H,9-11H2,1-3H3,(H,21,22). The molecule has 2 aliphatic heterocycles. The van der Waals surface area contributed by atoms with Gasteiger partial charge in [0.05, 0.1) is 13.1 Å². The first kappa shape index (κ1) is 18.0. The largest absolute Gasteiger partial charge is 0.480 e. The van der Waals surface area contributed by atoms with Crippen molar-refractivity contribution in [2.45, 2.75) is 44.4 Å². The number of rotatable bonds is 2. The number of hydrogen-bond acceptors (Lipinski definition) is 5. The minimum atomic E-state index is -1.15. The summed E-state index contributed by atoms with van der Waals surface area (Å²) in [5.41, 5.74) is -1.15. The van der Waals surface area contributed by atoms with Crippen LogP contribution in [0.25, 0.3) is 0 Å². The minimum Gasteiger partial charge on any atom is -0.480 e. The van der Waals surface area contributed by atoms with Gasteiger partial charge >= 0.3 is 18.2 Å². The lowest BCUT2D eigenvalue weighted by Crippen LogP contribution is -2.44. The maximum atomic E-state index is 12.4. The summed E-state index contributed by atoms with van der Waals surface area (Å²) in [6.07, 6.45) is -1.25. The van der Waals surface area contributed by atoms with Crippen LogP contribution in [0.2, 0.25) is 0 Å². The first-order valence-corrected chi connectivity index (χ1v) is 8.38. The van der Waals surface area contributed by atoms with E-state index in [4.69, 9.17) is 9.47 Å². The molecule has 2 fully saturated rings. The van der Waals surface area contributed by atoms with Gasteiger partial charge in [0, 0.05) is 12.1 Å². The molecule has 2 atom stereocenters. The molecule has 2 heterocycles. The molecule has 1 N–H and O–H groups in total. The number of carboxylic acids is 1. The summed E-state index contributed by atoms with van der Waals surface area (Å²) < 4.78 is 10.9. The Morgan fingerprint density at radius 1 is 1.23 bits per heavy atom. The molecule has 0 saturated carbocycles. The molecular weight excluding hydrogens is 340 g/mol. The topological polar surface area (TPSA) is 96.4 Å². The van der Waals surface area contributed by atoms with Gasteiger partial charge in [-0.1, -0.05) is 18.2 Å². The Bertz CT molecular complexity index is 729. The highest BCUT2D eigenvalue weighted by Gasteiger charge is 2.57. The highest BCUT2D eigenvalue weighted by Crippen LogP contribution is 2.38. The first-order chi connectivity index (χ1) is 12.1. The lowest BCUT2D eigenvalue weighted by molar-refractivity contribution is -0.142. The second-order valence-electron chi connectivity index (χ2n) is 7.64. The predicted molar refractivity (Wildman–Crippen MR) is 92.0 cm³/mol. The van der Waals surface area contributed by atoms with Crippen molar-refractivity contribution < 1.29 is 29.0 Å². The van der Waals surface area contributed by atoms with Crippen molar-refractivity contribution >= 4 is 23.8 Å². The number of para-hydroxylation sites is 1. The summed E-state index contributed by atoms with van der Waals surface area (Å²) in [7, 11) is 0. The molecular formula is C18H22N2O6. The maximum Gasteiger partial charge on any atom is 0.415 e. The number of carboxylic acid groups (broad SMARTS) is 1. The van der Waals surface area contributed by atoms with E-state index in [1.165, 1.54) is 4.90 Å². The quantitative estimate of drug-likeness (QED) is 0.868. The van der Waals surface area contributed by atoms with Crippen LogP contribution in [0.5, 0.6) is 0 Å². The van der Waals surface area contributed by atoms with Gasteiger partial charge in [-0.3, -0.25) is 9.80 Å². The SMILES string of the molecule is CC(C)(C)OC(=O)N1CC2(CC1C(=O)O)CN(c1ccccc1)C(=O)O2. The van der Waals surface area contributed by atoms with E-state index in [1.54, 1.807) is 45.0 Å². The van der Waals surface area contributed by atoms with Crippen molar-refractivity contribution in [2.24, 2.45) is 0 Å². The number of carbonyl (C=O) groups excluding carboxylic acids is 2. The average Bonchev–Trinajstić information content (AvgIpc) is 3.07. The molecule has 8 heteroatoms. The molecule has 8 nitrogen and oxygen atoms in total. The molecule has 0 aliphatic carbocycles. The lowest BCUT2D eigenvalue weighted by atomic mass is 10.00. The second-order valence-corrected chi connectivity index (χ2v) is 7.64. The summed E-state index contributed by atoms with van der Waals surface area (Å²) in [5, 5.41) is 9.52. The zero-order chi connectivity index (χ0) is 19.1. The summed E-state index contributed by atoms with van der Waals surface area (Å²) in [6.45, 7) is 5.28. The fourth-order valence-corrected chi connectivity index (χ4v) is 3.30. The molecule has 1 spiro atoms. The van der Waals surface area contributed by atoms with Crippen molar-refractivity contribution in [1.82, 2.24) is 4.90 Å². The van der Waals surface area contributed by atoms with Crippen molar-refractivity contribution in [3.05, 3.63) is 30.3 Å². The molecule has 140 valence electrons. The third kappa shape index (κ3) is 3.44. The van der Waals surface area contributed by atoms with Gasteiger partial charge in [-0.25, -0.2) is 14.4 Å². The molecule has 2 aliphatic rings. The van der Waals surface area contributed by atoms with Gasteiger partial charge in [-0.2, -0.15) is 0 Å². The van der Waals surface area contributed by atoms with Crippen LogP contribution in [0.3, 0.4) is 0 Å². The normalized spacial score (nSPS) is 25.5. The Kier molecular flexibility index (Phi) is 4.29. The molecule has 0 bridgehead atoms. The van der Waals surface area contributed by atoms with Gasteiger partial charge < -0.3 is 14.6 Å². The van der Waals surface area contributed by atoms with Crippen molar-refractivity contribution in [3.63, 3.8) is 0 Å². The van der Waals surface area contributed by atoms with Crippen LogP contribution < -0.4 is 4.90 Å². The maximum absolute atomic E-state index is 12.4. The van der Waals surface area contributed by atoms with Crippen molar-refractivity contribution in [3.8, 4) is 0 Å². The fourth-order valence-electron chi connectivity index (χ4n) is 3.30. The summed E-state index contributed by atoms with van der Waals surface area (Å²) in [4.78, 5) is 39.0. The molecule has 2 amide bonds. The Balaban J connectivity index is 1.82. The highest BCUT2D eigenvalue weighted by atomic mass is 16.6. The number of ether oxygens (including phenoxy) is 2. The fraction of sp³-hybridized carbons (Fsp3) is 0.500. The van der Waals surface area contributed by atoms with E-state index in [0.29, 0.717) is 5.69 Å². The van der Waals surface area contributed by atoms with Crippen LogP contribution in [0.4, 0.5) is 15.3 Å². The van der Waals surface area contributed by atoms with Gasteiger partial charge in [0.2, 0.25) is 0 Å². The molecule has 0 radical (unpaired) electrons. The van der Waals surface area contributed by atoms with Crippen LogP contribution in [0.15, 0.2) is 30.3 Å². The third-order valence-electron chi connectivity index (χ3n) is 4.35. The van der Waals surface area contributed by atoms with E-state index in [9.17, 15) is 19.5 Å². The van der Waals surface area contributed by atoms with Crippen LogP contribution in [0, 0.1) is 0 Å². The number of carbonyl (C=O) groups is 3. The zero-order valence-corrected chi connectivity index (χ0v) is 15.0. The number of benzene rings is 1. The van der Waals surface area contributed by atoms with E-state index >= 15 is 0 Å². The molecule has 1 aromatic rings. The molecule has 0 aromatic heterocycles. The molecule has 3 rings (SSSR count). The van der Waals surface area contributed by atoms with Crippen molar-refractivity contribution in [2.75, 3.05) is 18.0 Å². The molecule has 2 unspecified atom stereocenters. The number of nitrogens with zero attached hydrogens (tertiary/aromatic N) is 2. The summed E-state index contributed by atoms with van der Waals surface area (Å²) in [5.74, 6) is -1.15. The smallest absolute Gasteiger partial charge is 0.415 e. The van der Waals surface area contributed by atoms with Crippen LogP contribution in [0.1, 0.15) is 27.2 Å². The van der Waals surface area contributed by atoms with Crippen LogP contribution >= 0.6 is 0 Å². The van der Waals surface area contributed by atoms with Gasteiger partial charge in [0.25, 0.3) is 0 Å². The number of hydrogen-bond donors (Lipinski definition) is 1. The number of anilines is 1. The Morgan fingerprint density at radius 3 is 2.46 bits per heavy atom. The Hall–Kier alpha value is -2.77. The van der Waals surface area contributed by atoms with E-state index in [1.807, 2.05) is 6.07 Å². The van der Waals surface area contributed by atoms with E-state index in [-0.39, 0.29) is 19.5 Å². The van der Waals surface area contributed by atoms with Gasteiger partial charge in [-0.05, 0) is 32.9 Å². The van der Waals surface area contributed by atoms with Crippen LogP contribution in [-0.2, 0) is 14.3 Å². The number of amides is 2. The Labute approximate surface area is 151 Å². The third-order valence-corrected chi connectivity index (χ3v) is 4.35. The monoisotopic (exact) mass is 362 g/mol. The molecule has 26 heavy (non-hydrogen) atoms. The Morgan fingerprint density at radius 2 is 1.88 bits per heavy atom. The molecule has 1 aromatic carbocycles. The van der Waals surface area contributed by atoms with Crippen molar-refractivity contribution in [1.29, 1.82) is 0 Å². The second kappa shape index (κ2) is 6.19. The zero-order valence-electron chi connectivity index (χ0n) is 15.0. The summed E-state index contributed by atoms with van der Waals surface area (Å²) in [6, 6.07) is 7.88. The first-order valence-electron chi connectivity index (χ1n) is 8.38. The highest BCUT2D eigenvalue weighted by molar-refractivity contribution is 5.91. The predicted octanol–water partition coefficient (Wildman–Crippen LogP) is 2.48. The van der Waals surface area contributed by atoms with E-state index in [0.717, 1.165) is 4.90 Å². The van der Waals surface area contributed by atoms with Gasteiger partial charge in [-0.15, -0.1) is 0 Å². The molecule has 2 saturated heterocycles.